The fraction of sp³-hybridized carbons (Fsp3) is 0.167. The number of benzene rings is 2. The second-order valence-electron chi connectivity index (χ2n) is 5.87. The lowest BCUT2D eigenvalue weighted by Gasteiger charge is -2.27. The van der Waals surface area contributed by atoms with Crippen molar-refractivity contribution in [3.63, 3.8) is 0 Å². The number of hydrogen-bond acceptors (Lipinski definition) is 9. The molecule has 1 atom stereocenters. The van der Waals surface area contributed by atoms with Gasteiger partial charge in [-0.15, -0.1) is 11.3 Å². The average Bonchev–Trinajstić information content (AvgIpc) is 3.09. The number of thioether (sulfide) groups is 1. The van der Waals surface area contributed by atoms with Crippen molar-refractivity contribution in [3.8, 4) is 5.75 Å². The van der Waals surface area contributed by atoms with E-state index in [1.165, 1.54) is 0 Å². The maximum Gasteiger partial charge on any atom is 0.234 e. The Kier molecular flexibility index (Phi) is 4.73. The van der Waals surface area contributed by atoms with Gasteiger partial charge in [0.1, 0.15) is 11.6 Å². The third-order valence-corrected chi connectivity index (χ3v) is 6.18. The summed E-state index contributed by atoms with van der Waals surface area (Å²) in [6.45, 7) is 0. The Morgan fingerprint density at radius 3 is 2.67 bits per heavy atom. The summed E-state index contributed by atoms with van der Waals surface area (Å²) in [6.07, 6.45) is 0. The minimum Gasteiger partial charge on any atom is -0.497 e. The van der Waals surface area contributed by atoms with Gasteiger partial charge in [0.2, 0.25) is 5.79 Å². The summed E-state index contributed by atoms with van der Waals surface area (Å²) in [5.41, 5.74) is 14.1. The van der Waals surface area contributed by atoms with Crippen LogP contribution in [0.2, 0.25) is 0 Å². The lowest BCUT2D eigenvalue weighted by atomic mass is 10.1. The number of aromatic nitrogens is 1. The number of ether oxygens (including phenoxy) is 1. The highest BCUT2D eigenvalue weighted by Gasteiger charge is 2.30. The van der Waals surface area contributed by atoms with Gasteiger partial charge in [-0.25, -0.2) is 15.0 Å². The van der Waals surface area contributed by atoms with Gasteiger partial charge in [-0.05, 0) is 36.4 Å². The fourth-order valence-electron chi connectivity index (χ4n) is 2.69. The fourth-order valence-corrected chi connectivity index (χ4v) is 4.63. The van der Waals surface area contributed by atoms with Gasteiger partial charge in [0.15, 0.2) is 10.3 Å². The number of thiazole rings is 1. The molecule has 0 saturated carbocycles. The van der Waals surface area contributed by atoms with Gasteiger partial charge < -0.3 is 15.8 Å². The summed E-state index contributed by atoms with van der Waals surface area (Å²) in [5.74, 6) is 0.938. The van der Waals surface area contributed by atoms with Gasteiger partial charge in [-0.3, -0.25) is 5.73 Å². The smallest absolute Gasteiger partial charge is 0.234 e. The number of fused-ring (bicyclic) bond motifs is 1. The van der Waals surface area contributed by atoms with Crippen LogP contribution in [0.25, 0.3) is 10.2 Å². The second-order valence-corrected chi connectivity index (χ2v) is 8.12. The van der Waals surface area contributed by atoms with Crippen molar-refractivity contribution in [1.82, 2.24) is 10.3 Å². The van der Waals surface area contributed by atoms with Gasteiger partial charge in [0.25, 0.3) is 0 Å². The standard InChI is InChI=1S/C18H18N6OS2/c1-25-12-8-6-11(7-9-12)18(20)23-15(22-16(19)24-18)10-26-17-21-13-4-2-3-5-14(13)27-17/h2-9H,10,20H2,1H3,(H3,19,22,23,24). The third-order valence-electron chi connectivity index (χ3n) is 3.99. The molecule has 5 N–H and O–H groups in total. The molecule has 1 unspecified atom stereocenters. The number of guanidine groups is 1. The van der Waals surface area contributed by atoms with E-state index in [2.05, 4.69) is 26.4 Å². The van der Waals surface area contributed by atoms with Crippen LogP contribution in [0.4, 0.5) is 0 Å². The zero-order chi connectivity index (χ0) is 18.9. The van der Waals surface area contributed by atoms with Crippen LogP contribution in [-0.2, 0) is 5.79 Å². The van der Waals surface area contributed by atoms with Crippen LogP contribution < -0.4 is 21.5 Å². The van der Waals surface area contributed by atoms with Crippen LogP contribution in [0, 0.1) is 0 Å². The van der Waals surface area contributed by atoms with E-state index in [0.29, 0.717) is 11.6 Å². The van der Waals surface area contributed by atoms with Gasteiger partial charge >= 0.3 is 0 Å². The van der Waals surface area contributed by atoms with Crippen LogP contribution in [0.3, 0.4) is 0 Å². The zero-order valence-electron chi connectivity index (χ0n) is 14.5. The van der Waals surface area contributed by atoms with E-state index in [4.69, 9.17) is 16.2 Å². The van der Waals surface area contributed by atoms with Crippen molar-refractivity contribution in [2.45, 2.75) is 10.1 Å². The molecule has 0 saturated heterocycles. The summed E-state index contributed by atoms with van der Waals surface area (Å²) in [5, 5.41) is 3.00. The number of rotatable bonds is 5. The largest absolute Gasteiger partial charge is 0.497 e. The first kappa shape index (κ1) is 17.8. The molecular formula is C18H18N6OS2. The summed E-state index contributed by atoms with van der Waals surface area (Å²) < 4.78 is 7.31. The van der Waals surface area contributed by atoms with E-state index in [1.807, 2.05) is 42.5 Å². The molecule has 9 heteroatoms. The topological polar surface area (TPSA) is 111 Å². The summed E-state index contributed by atoms with van der Waals surface area (Å²) in [4.78, 5) is 13.5. The molecule has 27 heavy (non-hydrogen) atoms. The normalized spacial score (nSPS) is 19.3. The number of methoxy groups -OCH3 is 1. The first-order valence-electron chi connectivity index (χ1n) is 8.18. The molecular weight excluding hydrogens is 380 g/mol. The van der Waals surface area contributed by atoms with Crippen molar-refractivity contribution in [3.05, 3.63) is 54.1 Å². The minimum absolute atomic E-state index is 0.239. The van der Waals surface area contributed by atoms with Gasteiger partial charge in [0, 0.05) is 5.56 Å². The maximum absolute atomic E-state index is 6.42. The maximum atomic E-state index is 6.42. The number of amidine groups is 1. The third kappa shape index (κ3) is 3.75. The molecule has 138 valence electrons. The summed E-state index contributed by atoms with van der Waals surface area (Å²) in [7, 11) is 1.61. The monoisotopic (exact) mass is 398 g/mol. The average molecular weight is 399 g/mol. The van der Waals surface area contributed by atoms with E-state index in [1.54, 1.807) is 30.2 Å². The number of nitrogens with one attached hydrogen (secondary N) is 1. The van der Waals surface area contributed by atoms with Crippen molar-refractivity contribution >= 4 is 45.1 Å². The van der Waals surface area contributed by atoms with E-state index < -0.39 is 5.79 Å². The Hall–Kier alpha value is -2.62. The Labute approximate surface area is 164 Å². The van der Waals surface area contributed by atoms with Crippen LogP contribution >= 0.6 is 23.1 Å². The molecule has 0 spiro atoms. The number of hydrogen-bond donors (Lipinski definition) is 3. The zero-order valence-corrected chi connectivity index (χ0v) is 16.2. The van der Waals surface area contributed by atoms with Crippen molar-refractivity contribution in [2.24, 2.45) is 21.5 Å². The van der Waals surface area contributed by atoms with Gasteiger partial charge in [-0.1, -0.05) is 23.9 Å². The van der Waals surface area contributed by atoms with Crippen molar-refractivity contribution < 1.29 is 4.74 Å². The highest BCUT2D eigenvalue weighted by Crippen LogP contribution is 2.30. The highest BCUT2D eigenvalue weighted by atomic mass is 32.2. The lowest BCUT2D eigenvalue weighted by molar-refractivity contribution is 0.413. The predicted octanol–water partition coefficient (Wildman–Crippen LogP) is 2.48. The van der Waals surface area contributed by atoms with E-state index >= 15 is 0 Å². The summed E-state index contributed by atoms with van der Waals surface area (Å²) in [6, 6.07) is 15.4. The molecule has 3 aromatic rings. The first-order chi connectivity index (χ1) is 13.1. The molecule has 0 amide bonds. The Bertz CT molecular complexity index is 997. The molecule has 0 aliphatic carbocycles. The molecule has 0 fully saturated rings. The molecule has 1 aromatic heterocycles. The van der Waals surface area contributed by atoms with Crippen LogP contribution in [-0.4, -0.2) is 29.6 Å². The Balaban J connectivity index is 1.54. The van der Waals surface area contributed by atoms with E-state index in [9.17, 15) is 0 Å². The van der Waals surface area contributed by atoms with E-state index in [0.717, 1.165) is 25.9 Å². The lowest BCUT2D eigenvalue weighted by Crippen LogP contribution is -2.49. The number of nitrogens with two attached hydrogens (primary N) is 2. The van der Waals surface area contributed by atoms with Crippen LogP contribution in [0.1, 0.15) is 5.56 Å². The first-order valence-corrected chi connectivity index (χ1v) is 9.99. The Morgan fingerprint density at radius 2 is 1.93 bits per heavy atom. The predicted molar refractivity (Wildman–Crippen MR) is 111 cm³/mol. The molecule has 0 bridgehead atoms. The van der Waals surface area contributed by atoms with Crippen LogP contribution in [0.15, 0.2) is 62.9 Å². The SMILES string of the molecule is COc1ccc(C2(N)N=C(N)NC(CSc3nc4ccccc4s3)=N2)cc1. The van der Waals surface area contributed by atoms with E-state index in [-0.39, 0.29) is 5.96 Å². The molecule has 1 aliphatic rings. The number of aliphatic imine (C=N–C) groups is 2. The van der Waals surface area contributed by atoms with Gasteiger partial charge in [0.05, 0.1) is 23.1 Å². The highest BCUT2D eigenvalue weighted by molar-refractivity contribution is 8.01. The number of nitrogens with zero attached hydrogens (tertiary/aromatic N) is 3. The summed E-state index contributed by atoms with van der Waals surface area (Å²) >= 11 is 3.23. The second kappa shape index (κ2) is 7.18. The Morgan fingerprint density at radius 1 is 1.15 bits per heavy atom. The molecule has 4 rings (SSSR count). The van der Waals surface area contributed by atoms with Crippen molar-refractivity contribution in [2.75, 3.05) is 12.9 Å². The quantitative estimate of drug-likeness (QED) is 0.570. The molecule has 7 nitrogen and oxygen atoms in total. The van der Waals surface area contributed by atoms with Crippen LogP contribution in [0.5, 0.6) is 5.75 Å². The molecule has 1 aliphatic heterocycles. The molecule has 0 radical (unpaired) electrons. The minimum atomic E-state index is -1.26. The van der Waals surface area contributed by atoms with Crippen molar-refractivity contribution in [1.29, 1.82) is 0 Å². The van der Waals surface area contributed by atoms with Gasteiger partial charge in [-0.2, -0.15) is 0 Å². The molecule has 2 heterocycles. The number of para-hydroxylation sites is 1. The molecule has 2 aromatic carbocycles.